The van der Waals surface area contributed by atoms with Crippen LogP contribution in [0.1, 0.15) is 36.0 Å². The molecular weight excluding hydrogens is 222 g/mol. The largest absolute Gasteiger partial charge is 0.330 e. The van der Waals surface area contributed by atoms with E-state index in [4.69, 9.17) is 5.73 Å². The fourth-order valence-corrected chi connectivity index (χ4v) is 3.25. The highest BCUT2D eigenvalue weighted by Gasteiger charge is 2.31. The van der Waals surface area contributed by atoms with Gasteiger partial charge in [0.25, 0.3) is 0 Å². The van der Waals surface area contributed by atoms with Gasteiger partial charge in [0.1, 0.15) is 5.78 Å². The number of Topliss-reactive ketones (excluding diaryl/α,β-unsaturated/α-hetero) is 1. The van der Waals surface area contributed by atoms with E-state index in [2.05, 4.69) is 32.0 Å². The smallest absolute Gasteiger partial charge is 0.140 e. The first kappa shape index (κ1) is 13.3. The molecule has 0 spiro atoms. The van der Waals surface area contributed by atoms with Crippen LogP contribution in [0, 0.1) is 25.7 Å². The van der Waals surface area contributed by atoms with Gasteiger partial charge in [0.15, 0.2) is 0 Å². The first-order valence-electron chi connectivity index (χ1n) is 6.90. The normalized spacial score (nSPS) is 23.3. The first-order chi connectivity index (χ1) is 8.60. The second-order valence-corrected chi connectivity index (χ2v) is 5.67. The minimum atomic E-state index is 0.204. The molecule has 2 N–H and O–H groups in total. The van der Waals surface area contributed by atoms with E-state index in [0.717, 1.165) is 24.8 Å². The van der Waals surface area contributed by atoms with Crippen molar-refractivity contribution in [2.45, 2.75) is 39.5 Å². The Morgan fingerprint density at radius 1 is 1.22 bits per heavy atom. The van der Waals surface area contributed by atoms with E-state index in [0.29, 0.717) is 24.7 Å². The molecule has 1 aromatic carbocycles. The summed E-state index contributed by atoms with van der Waals surface area (Å²) >= 11 is 0. The van der Waals surface area contributed by atoms with Gasteiger partial charge in [-0.3, -0.25) is 4.79 Å². The van der Waals surface area contributed by atoms with Gasteiger partial charge in [-0.15, -0.1) is 0 Å². The van der Waals surface area contributed by atoms with Gasteiger partial charge in [-0.05, 0) is 44.7 Å². The zero-order chi connectivity index (χ0) is 13.1. The minimum absolute atomic E-state index is 0.204. The van der Waals surface area contributed by atoms with Crippen LogP contribution in [0.3, 0.4) is 0 Å². The summed E-state index contributed by atoms with van der Waals surface area (Å²) in [5.41, 5.74) is 9.38. The molecule has 98 valence electrons. The van der Waals surface area contributed by atoms with Crippen LogP contribution in [0.4, 0.5) is 0 Å². The lowest BCUT2D eigenvalue weighted by Gasteiger charge is -2.16. The minimum Gasteiger partial charge on any atom is -0.330 e. The molecule has 1 saturated carbocycles. The zero-order valence-electron chi connectivity index (χ0n) is 11.4. The number of hydrogen-bond acceptors (Lipinski definition) is 2. The van der Waals surface area contributed by atoms with Gasteiger partial charge in [-0.25, -0.2) is 0 Å². The third-order valence-corrected chi connectivity index (χ3v) is 4.04. The Bertz CT molecular complexity index is 418. The van der Waals surface area contributed by atoms with Crippen molar-refractivity contribution in [3.05, 3.63) is 34.9 Å². The summed E-state index contributed by atoms with van der Waals surface area (Å²) in [4.78, 5) is 12.4. The predicted octanol–water partition coefficient (Wildman–Crippen LogP) is 2.79. The number of hydrogen-bond donors (Lipinski definition) is 1. The van der Waals surface area contributed by atoms with Crippen molar-refractivity contribution in [1.29, 1.82) is 0 Å². The van der Waals surface area contributed by atoms with E-state index in [9.17, 15) is 4.79 Å². The Hall–Kier alpha value is -1.15. The van der Waals surface area contributed by atoms with Crippen molar-refractivity contribution >= 4 is 5.78 Å². The number of aryl methyl sites for hydroxylation is 2. The summed E-state index contributed by atoms with van der Waals surface area (Å²) in [5.74, 6) is 1.01. The van der Waals surface area contributed by atoms with Crippen LogP contribution < -0.4 is 5.73 Å². The Morgan fingerprint density at radius 2 is 1.89 bits per heavy atom. The fraction of sp³-hybridized carbons (Fsp3) is 0.562. The molecule has 0 amide bonds. The van der Waals surface area contributed by atoms with Crippen LogP contribution in [0.2, 0.25) is 0 Å². The molecule has 1 aliphatic rings. The maximum atomic E-state index is 12.4. The lowest BCUT2D eigenvalue weighted by molar-refractivity contribution is -0.123. The highest BCUT2D eigenvalue weighted by Crippen LogP contribution is 2.32. The number of carbonyl (C=O) groups excluding carboxylic acids is 1. The Kier molecular flexibility index (Phi) is 4.18. The lowest BCUT2D eigenvalue weighted by atomic mass is 9.88. The molecule has 1 fully saturated rings. The molecule has 1 aliphatic carbocycles. The number of rotatable bonds is 4. The summed E-state index contributed by atoms with van der Waals surface area (Å²) in [5, 5.41) is 0. The fourth-order valence-electron chi connectivity index (χ4n) is 3.25. The number of carbonyl (C=O) groups is 1. The van der Waals surface area contributed by atoms with Gasteiger partial charge in [0.05, 0.1) is 0 Å². The number of ketones is 1. The van der Waals surface area contributed by atoms with E-state index in [1.807, 2.05) is 0 Å². The first-order valence-corrected chi connectivity index (χ1v) is 6.90. The highest BCUT2D eigenvalue weighted by atomic mass is 16.1. The molecule has 0 aromatic heterocycles. The summed E-state index contributed by atoms with van der Waals surface area (Å²) < 4.78 is 0. The summed E-state index contributed by atoms with van der Waals surface area (Å²) in [6.07, 6.45) is 3.89. The quantitative estimate of drug-likeness (QED) is 0.886. The maximum absolute atomic E-state index is 12.4. The maximum Gasteiger partial charge on any atom is 0.140 e. The second-order valence-electron chi connectivity index (χ2n) is 5.67. The van der Waals surface area contributed by atoms with Crippen LogP contribution in [-0.2, 0) is 11.2 Å². The molecule has 0 saturated heterocycles. The molecule has 2 atom stereocenters. The van der Waals surface area contributed by atoms with E-state index in [-0.39, 0.29) is 5.92 Å². The molecule has 0 heterocycles. The number of nitrogens with two attached hydrogens (primary N) is 1. The van der Waals surface area contributed by atoms with Crippen LogP contribution in [-0.4, -0.2) is 12.3 Å². The lowest BCUT2D eigenvalue weighted by Crippen LogP contribution is -2.26. The molecule has 2 nitrogen and oxygen atoms in total. The number of benzene rings is 1. The SMILES string of the molecule is Cc1cc(C)cc(CC(=O)C2CCCC2CN)c1. The summed E-state index contributed by atoms with van der Waals surface area (Å²) in [6, 6.07) is 6.39. The topological polar surface area (TPSA) is 43.1 Å². The predicted molar refractivity (Wildman–Crippen MR) is 74.5 cm³/mol. The molecule has 2 heteroatoms. The third kappa shape index (κ3) is 2.99. The Morgan fingerprint density at radius 3 is 2.50 bits per heavy atom. The second kappa shape index (κ2) is 5.66. The molecule has 0 bridgehead atoms. The average molecular weight is 245 g/mol. The van der Waals surface area contributed by atoms with Crippen molar-refractivity contribution in [1.82, 2.24) is 0 Å². The van der Waals surface area contributed by atoms with Gasteiger partial charge in [-0.2, -0.15) is 0 Å². The highest BCUT2D eigenvalue weighted by molar-refractivity contribution is 5.83. The Labute approximate surface area is 110 Å². The molecule has 2 rings (SSSR count). The molecule has 2 unspecified atom stereocenters. The average Bonchev–Trinajstić information content (AvgIpc) is 2.75. The molecule has 18 heavy (non-hydrogen) atoms. The summed E-state index contributed by atoms with van der Waals surface area (Å²) in [6.45, 7) is 4.82. The zero-order valence-corrected chi connectivity index (χ0v) is 11.4. The van der Waals surface area contributed by atoms with Gasteiger partial charge in [0, 0.05) is 12.3 Å². The van der Waals surface area contributed by atoms with Gasteiger partial charge in [-0.1, -0.05) is 35.7 Å². The van der Waals surface area contributed by atoms with Crippen LogP contribution in [0.15, 0.2) is 18.2 Å². The van der Waals surface area contributed by atoms with Crippen LogP contribution in [0.25, 0.3) is 0 Å². The molecule has 0 aliphatic heterocycles. The van der Waals surface area contributed by atoms with Crippen molar-refractivity contribution in [2.75, 3.05) is 6.54 Å². The van der Waals surface area contributed by atoms with Gasteiger partial charge < -0.3 is 5.73 Å². The molecule has 1 aromatic rings. The monoisotopic (exact) mass is 245 g/mol. The molecule has 0 radical (unpaired) electrons. The molecular formula is C16H23NO. The summed E-state index contributed by atoms with van der Waals surface area (Å²) in [7, 11) is 0. The van der Waals surface area contributed by atoms with Gasteiger partial charge in [0.2, 0.25) is 0 Å². The van der Waals surface area contributed by atoms with Crippen LogP contribution in [0.5, 0.6) is 0 Å². The van der Waals surface area contributed by atoms with Crippen molar-refractivity contribution in [3.63, 3.8) is 0 Å². The van der Waals surface area contributed by atoms with E-state index >= 15 is 0 Å². The third-order valence-electron chi connectivity index (χ3n) is 4.04. The van der Waals surface area contributed by atoms with E-state index in [1.165, 1.54) is 11.1 Å². The standard InChI is InChI=1S/C16H23NO/c1-11-6-12(2)8-13(7-11)9-16(18)15-5-3-4-14(15)10-17/h6-8,14-15H,3-5,9-10,17H2,1-2H3. The van der Waals surface area contributed by atoms with E-state index < -0.39 is 0 Å². The van der Waals surface area contributed by atoms with Gasteiger partial charge >= 0.3 is 0 Å². The van der Waals surface area contributed by atoms with Crippen molar-refractivity contribution < 1.29 is 4.79 Å². The van der Waals surface area contributed by atoms with Crippen LogP contribution >= 0.6 is 0 Å². The van der Waals surface area contributed by atoms with Crippen molar-refractivity contribution in [3.8, 4) is 0 Å². The van der Waals surface area contributed by atoms with Crippen molar-refractivity contribution in [2.24, 2.45) is 17.6 Å². The van der Waals surface area contributed by atoms with E-state index in [1.54, 1.807) is 0 Å². The Balaban J connectivity index is 2.06.